The van der Waals surface area contributed by atoms with Crippen molar-refractivity contribution in [3.8, 4) is 0 Å². The molecular formula is C20H29FN6O. The SMILES string of the molecule is CCNC(=NCC(=O)Nc1ccc(F)cc1)NC(C)Cc1c(C)nn(C)c1C. The Balaban J connectivity index is 1.95. The van der Waals surface area contributed by atoms with Crippen molar-refractivity contribution in [1.82, 2.24) is 20.4 Å². The third kappa shape index (κ3) is 6.07. The van der Waals surface area contributed by atoms with Crippen LogP contribution in [0.4, 0.5) is 10.1 Å². The first kappa shape index (κ1) is 21.4. The second-order valence-corrected chi connectivity index (χ2v) is 6.77. The Labute approximate surface area is 165 Å². The Morgan fingerprint density at radius 1 is 1.29 bits per heavy atom. The third-order valence-corrected chi connectivity index (χ3v) is 4.41. The van der Waals surface area contributed by atoms with Gasteiger partial charge < -0.3 is 16.0 Å². The minimum Gasteiger partial charge on any atom is -0.357 e. The zero-order chi connectivity index (χ0) is 20.7. The Hall–Kier alpha value is -2.90. The van der Waals surface area contributed by atoms with E-state index in [0.717, 1.165) is 17.8 Å². The number of aromatic nitrogens is 2. The molecular weight excluding hydrogens is 359 g/mol. The van der Waals surface area contributed by atoms with E-state index in [1.165, 1.54) is 29.8 Å². The van der Waals surface area contributed by atoms with Crippen molar-refractivity contribution in [1.29, 1.82) is 0 Å². The van der Waals surface area contributed by atoms with Gasteiger partial charge in [-0.25, -0.2) is 9.38 Å². The summed E-state index contributed by atoms with van der Waals surface area (Å²) in [7, 11) is 1.94. The van der Waals surface area contributed by atoms with E-state index in [4.69, 9.17) is 0 Å². The predicted molar refractivity (Wildman–Crippen MR) is 110 cm³/mol. The Kier molecular flexibility index (Phi) is 7.54. The molecule has 1 amide bonds. The van der Waals surface area contributed by atoms with E-state index in [0.29, 0.717) is 18.2 Å². The lowest BCUT2D eigenvalue weighted by atomic mass is 10.1. The van der Waals surface area contributed by atoms with Crippen molar-refractivity contribution in [2.75, 3.05) is 18.4 Å². The number of benzene rings is 1. The van der Waals surface area contributed by atoms with Crippen molar-refractivity contribution < 1.29 is 9.18 Å². The van der Waals surface area contributed by atoms with E-state index in [9.17, 15) is 9.18 Å². The van der Waals surface area contributed by atoms with Gasteiger partial charge in [0, 0.05) is 31.0 Å². The largest absolute Gasteiger partial charge is 0.357 e. The number of nitrogens with one attached hydrogen (secondary N) is 3. The number of carbonyl (C=O) groups is 1. The van der Waals surface area contributed by atoms with E-state index < -0.39 is 0 Å². The molecule has 0 saturated carbocycles. The molecule has 0 saturated heterocycles. The van der Waals surface area contributed by atoms with Gasteiger partial charge in [-0.3, -0.25) is 9.48 Å². The number of anilines is 1. The highest BCUT2D eigenvalue weighted by Crippen LogP contribution is 2.14. The van der Waals surface area contributed by atoms with Crippen LogP contribution in [0.25, 0.3) is 0 Å². The number of carbonyl (C=O) groups excluding carboxylic acids is 1. The molecule has 0 aliphatic carbocycles. The van der Waals surface area contributed by atoms with Crippen LogP contribution in [-0.4, -0.2) is 40.8 Å². The van der Waals surface area contributed by atoms with Gasteiger partial charge in [-0.05, 0) is 63.9 Å². The monoisotopic (exact) mass is 388 g/mol. The van der Waals surface area contributed by atoms with E-state index >= 15 is 0 Å². The molecule has 0 radical (unpaired) electrons. The smallest absolute Gasteiger partial charge is 0.246 e. The van der Waals surface area contributed by atoms with Crippen LogP contribution in [0.1, 0.15) is 30.8 Å². The molecule has 3 N–H and O–H groups in total. The molecule has 1 heterocycles. The van der Waals surface area contributed by atoms with Crippen LogP contribution in [-0.2, 0) is 18.3 Å². The summed E-state index contributed by atoms with van der Waals surface area (Å²) in [6.45, 7) is 8.75. The maximum atomic E-state index is 12.9. The lowest BCUT2D eigenvalue weighted by Crippen LogP contribution is -2.43. The quantitative estimate of drug-likeness (QED) is 0.502. The molecule has 1 aromatic heterocycles. The fraction of sp³-hybridized carbons (Fsp3) is 0.450. The second kappa shape index (κ2) is 9.87. The van der Waals surface area contributed by atoms with Crippen molar-refractivity contribution in [2.24, 2.45) is 12.0 Å². The van der Waals surface area contributed by atoms with E-state index in [-0.39, 0.29) is 24.3 Å². The van der Waals surface area contributed by atoms with Crippen LogP contribution in [0, 0.1) is 19.7 Å². The summed E-state index contributed by atoms with van der Waals surface area (Å²) in [5, 5.41) is 13.6. The van der Waals surface area contributed by atoms with Gasteiger partial charge in [0.25, 0.3) is 0 Å². The summed E-state index contributed by atoms with van der Waals surface area (Å²) in [6.07, 6.45) is 0.803. The van der Waals surface area contributed by atoms with Gasteiger partial charge in [0.2, 0.25) is 5.91 Å². The standard InChI is InChI=1S/C20H29FN6O/c1-6-22-20(23-12-19(28)25-17-9-7-16(21)8-10-17)24-13(2)11-18-14(3)26-27(5)15(18)4/h7-10,13H,6,11-12H2,1-5H3,(H,25,28)(H2,22,23,24). The highest BCUT2D eigenvalue weighted by atomic mass is 19.1. The highest BCUT2D eigenvalue weighted by molar-refractivity contribution is 5.94. The summed E-state index contributed by atoms with van der Waals surface area (Å²) in [4.78, 5) is 16.4. The zero-order valence-corrected chi connectivity index (χ0v) is 17.1. The van der Waals surface area contributed by atoms with Gasteiger partial charge in [-0.15, -0.1) is 0 Å². The molecule has 7 nitrogen and oxygen atoms in total. The molecule has 152 valence electrons. The van der Waals surface area contributed by atoms with Crippen molar-refractivity contribution in [3.05, 3.63) is 47.0 Å². The molecule has 2 aromatic rings. The van der Waals surface area contributed by atoms with Gasteiger partial charge in [-0.2, -0.15) is 5.10 Å². The first-order valence-corrected chi connectivity index (χ1v) is 9.39. The number of halogens is 1. The fourth-order valence-corrected chi connectivity index (χ4v) is 2.91. The van der Waals surface area contributed by atoms with Gasteiger partial charge >= 0.3 is 0 Å². The van der Waals surface area contributed by atoms with Crippen molar-refractivity contribution in [3.63, 3.8) is 0 Å². The maximum absolute atomic E-state index is 12.9. The van der Waals surface area contributed by atoms with E-state index in [1.807, 2.05) is 25.6 Å². The number of hydrogen-bond donors (Lipinski definition) is 3. The normalized spacial score (nSPS) is 12.6. The number of guanidine groups is 1. The first-order valence-electron chi connectivity index (χ1n) is 9.39. The van der Waals surface area contributed by atoms with Crippen LogP contribution in [0.5, 0.6) is 0 Å². The summed E-state index contributed by atoms with van der Waals surface area (Å²) < 4.78 is 14.8. The molecule has 0 aliphatic heterocycles. The Bertz CT molecular complexity index is 828. The molecule has 1 atom stereocenters. The topological polar surface area (TPSA) is 83.3 Å². The van der Waals surface area contributed by atoms with Gasteiger partial charge in [-0.1, -0.05) is 0 Å². The zero-order valence-electron chi connectivity index (χ0n) is 17.1. The molecule has 1 aromatic carbocycles. The molecule has 0 aliphatic rings. The molecule has 1 unspecified atom stereocenters. The summed E-state index contributed by atoms with van der Waals surface area (Å²) in [5.74, 6) is -0.0402. The lowest BCUT2D eigenvalue weighted by Gasteiger charge is -2.18. The lowest BCUT2D eigenvalue weighted by molar-refractivity contribution is -0.114. The van der Waals surface area contributed by atoms with E-state index in [1.54, 1.807) is 0 Å². The van der Waals surface area contributed by atoms with Gasteiger partial charge in [0.15, 0.2) is 5.96 Å². The number of rotatable bonds is 7. The van der Waals surface area contributed by atoms with Crippen LogP contribution in [0.15, 0.2) is 29.3 Å². The summed E-state index contributed by atoms with van der Waals surface area (Å²) in [5.41, 5.74) is 3.92. The van der Waals surface area contributed by atoms with Crippen LogP contribution in [0.2, 0.25) is 0 Å². The second-order valence-electron chi connectivity index (χ2n) is 6.77. The van der Waals surface area contributed by atoms with E-state index in [2.05, 4.69) is 39.9 Å². The maximum Gasteiger partial charge on any atom is 0.246 e. The van der Waals surface area contributed by atoms with Crippen molar-refractivity contribution >= 4 is 17.6 Å². The number of amides is 1. The Morgan fingerprint density at radius 3 is 2.54 bits per heavy atom. The molecule has 0 fully saturated rings. The minimum atomic E-state index is -0.345. The molecule has 28 heavy (non-hydrogen) atoms. The average Bonchev–Trinajstić information content (AvgIpc) is 2.88. The summed E-state index contributed by atoms with van der Waals surface area (Å²) in [6, 6.07) is 5.74. The van der Waals surface area contributed by atoms with Crippen molar-refractivity contribution in [2.45, 2.75) is 40.2 Å². The number of aliphatic imine (C=N–C) groups is 1. The molecule has 0 bridgehead atoms. The predicted octanol–water partition coefficient (Wildman–Crippen LogP) is 2.30. The fourth-order valence-electron chi connectivity index (χ4n) is 2.91. The highest BCUT2D eigenvalue weighted by Gasteiger charge is 2.14. The molecule has 8 heteroatoms. The van der Waals surface area contributed by atoms with Gasteiger partial charge in [0.1, 0.15) is 12.4 Å². The number of nitrogens with zero attached hydrogens (tertiary/aromatic N) is 3. The van der Waals surface area contributed by atoms with Crippen LogP contribution < -0.4 is 16.0 Å². The minimum absolute atomic E-state index is 0.0373. The number of aryl methyl sites for hydroxylation is 2. The Morgan fingerprint density at radius 2 is 1.96 bits per heavy atom. The number of hydrogen-bond acceptors (Lipinski definition) is 3. The van der Waals surface area contributed by atoms with Crippen LogP contribution in [0.3, 0.4) is 0 Å². The summed E-state index contributed by atoms with van der Waals surface area (Å²) >= 11 is 0. The molecule has 2 rings (SSSR count). The first-order chi connectivity index (χ1) is 13.3. The van der Waals surface area contributed by atoms with Gasteiger partial charge in [0.05, 0.1) is 5.69 Å². The molecule has 0 spiro atoms. The average molecular weight is 388 g/mol. The third-order valence-electron chi connectivity index (χ3n) is 4.41. The van der Waals surface area contributed by atoms with Crippen LogP contribution >= 0.6 is 0 Å².